The molecule has 2 N–H and O–H groups in total. The quantitative estimate of drug-likeness (QED) is 0.729. The van der Waals surface area contributed by atoms with Crippen molar-refractivity contribution in [3.05, 3.63) is 12.2 Å². The number of rotatable bonds is 3. The van der Waals surface area contributed by atoms with E-state index in [1.165, 1.54) is 0 Å². The lowest BCUT2D eigenvalue weighted by molar-refractivity contribution is -0.126. The van der Waals surface area contributed by atoms with Crippen LogP contribution in [0.3, 0.4) is 0 Å². The molecule has 1 aromatic rings. The Labute approximate surface area is 94.4 Å². The third-order valence-electron chi connectivity index (χ3n) is 2.92. The number of aromatic nitrogens is 3. The van der Waals surface area contributed by atoms with Gasteiger partial charge < -0.3 is 10.6 Å². The Morgan fingerprint density at radius 1 is 1.75 bits per heavy atom. The largest absolute Gasteiger partial charge is 0.347 e. The first-order valence-electron chi connectivity index (χ1n) is 5.48. The molecule has 1 unspecified atom stereocenters. The molecule has 1 fully saturated rings. The summed E-state index contributed by atoms with van der Waals surface area (Å²) in [7, 11) is 1.80. The van der Waals surface area contributed by atoms with E-state index in [9.17, 15) is 4.79 Å². The molecule has 2 rings (SSSR count). The van der Waals surface area contributed by atoms with Gasteiger partial charge in [0.25, 0.3) is 0 Å². The number of carbonyl (C=O) groups excluding carboxylic acids is 1. The van der Waals surface area contributed by atoms with Gasteiger partial charge in [0.15, 0.2) is 5.82 Å². The Hall–Kier alpha value is -1.43. The van der Waals surface area contributed by atoms with Gasteiger partial charge in [0, 0.05) is 7.05 Å². The van der Waals surface area contributed by atoms with Crippen LogP contribution in [0.4, 0.5) is 0 Å². The normalized spacial score (nSPS) is 24.6. The molecule has 0 spiro atoms. The van der Waals surface area contributed by atoms with Crippen LogP contribution < -0.4 is 10.6 Å². The first-order valence-corrected chi connectivity index (χ1v) is 5.48. The second-order valence-electron chi connectivity index (χ2n) is 4.38. The summed E-state index contributed by atoms with van der Waals surface area (Å²) < 4.78 is 1.62. The zero-order chi connectivity index (χ0) is 11.6. The standard InChI is InChI=1S/C10H17N5O/c1-10(4-3-5-13-10)9(16)11-6-8-12-7-15(2)14-8/h7,13H,3-6H2,1-2H3,(H,11,16). The number of hydrogen-bond donors (Lipinski definition) is 2. The van der Waals surface area contributed by atoms with Crippen molar-refractivity contribution in [2.24, 2.45) is 7.05 Å². The number of amides is 1. The molecule has 0 aromatic carbocycles. The first-order chi connectivity index (χ1) is 7.60. The van der Waals surface area contributed by atoms with Crippen molar-refractivity contribution in [2.75, 3.05) is 6.54 Å². The molecule has 1 aromatic heterocycles. The molecule has 1 amide bonds. The fraction of sp³-hybridized carbons (Fsp3) is 0.700. The molecular weight excluding hydrogens is 206 g/mol. The van der Waals surface area contributed by atoms with Crippen molar-refractivity contribution in [3.63, 3.8) is 0 Å². The predicted molar refractivity (Wildman–Crippen MR) is 58.5 cm³/mol. The fourth-order valence-electron chi connectivity index (χ4n) is 1.91. The number of nitrogens with zero attached hydrogens (tertiary/aromatic N) is 3. The van der Waals surface area contributed by atoms with Gasteiger partial charge in [-0.3, -0.25) is 9.48 Å². The number of nitrogens with one attached hydrogen (secondary N) is 2. The third-order valence-corrected chi connectivity index (χ3v) is 2.92. The molecule has 0 bridgehead atoms. The minimum absolute atomic E-state index is 0.0254. The summed E-state index contributed by atoms with van der Waals surface area (Å²) in [5, 5.41) is 10.2. The lowest BCUT2D eigenvalue weighted by Crippen LogP contribution is -2.50. The van der Waals surface area contributed by atoms with Gasteiger partial charge in [-0.2, -0.15) is 5.10 Å². The van der Waals surface area contributed by atoms with Gasteiger partial charge in [-0.05, 0) is 26.3 Å². The molecule has 6 heteroatoms. The van der Waals surface area contributed by atoms with Crippen LogP contribution in [0.15, 0.2) is 6.33 Å². The Morgan fingerprint density at radius 2 is 2.56 bits per heavy atom. The number of hydrogen-bond acceptors (Lipinski definition) is 4. The van der Waals surface area contributed by atoms with Crippen molar-refractivity contribution >= 4 is 5.91 Å². The highest BCUT2D eigenvalue weighted by Gasteiger charge is 2.35. The van der Waals surface area contributed by atoms with Crippen LogP contribution in [-0.2, 0) is 18.4 Å². The Morgan fingerprint density at radius 3 is 3.12 bits per heavy atom. The molecule has 0 aliphatic carbocycles. The molecule has 1 saturated heterocycles. The van der Waals surface area contributed by atoms with E-state index in [2.05, 4.69) is 20.7 Å². The summed E-state index contributed by atoms with van der Waals surface area (Å²) >= 11 is 0. The summed E-state index contributed by atoms with van der Waals surface area (Å²) in [5.41, 5.74) is -0.422. The topological polar surface area (TPSA) is 71.8 Å². The number of aryl methyl sites for hydroxylation is 1. The maximum atomic E-state index is 11.9. The molecule has 1 aliphatic heterocycles. The second-order valence-corrected chi connectivity index (χ2v) is 4.38. The summed E-state index contributed by atoms with van der Waals surface area (Å²) in [6.45, 7) is 3.23. The lowest BCUT2D eigenvalue weighted by Gasteiger charge is -2.22. The van der Waals surface area contributed by atoms with Gasteiger partial charge in [-0.1, -0.05) is 0 Å². The van der Waals surface area contributed by atoms with Crippen molar-refractivity contribution in [3.8, 4) is 0 Å². The van der Waals surface area contributed by atoms with Crippen molar-refractivity contribution in [1.82, 2.24) is 25.4 Å². The maximum Gasteiger partial charge on any atom is 0.240 e. The van der Waals surface area contributed by atoms with Crippen LogP contribution in [0.2, 0.25) is 0 Å². The Bertz CT molecular complexity index is 380. The van der Waals surface area contributed by atoms with Gasteiger partial charge in [0.05, 0.1) is 12.1 Å². The number of carbonyl (C=O) groups is 1. The SMILES string of the molecule is Cn1cnc(CNC(=O)C2(C)CCCN2)n1. The molecule has 1 aliphatic rings. The molecule has 88 valence electrons. The molecule has 2 heterocycles. The highest BCUT2D eigenvalue weighted by atomic mass is 16.2. The third kappa shape index (κ3) is 2.21. The van der Waals surface area contributed by atoms with Gasteiger partial charge in [-0.25, -0.2) is 4.98 Å². The van der Waals surface area contributed by atoms with Crippen molar-refractivity contribution < 1.29 is 4.79 Å². The fourth-order valence-corrected chi connectivity index (χ4v) is 1.91. The van der Waals surface area contributed by atoms with Gasteiger partial charge >= 0.3 is 0 Å². The van der Waals surface area contributed by atoms with Crippen LogP contribution in [0.1, 0.15) is 25.6 Å². The van der Waals surface area contributed by atoms with Crippen LogP contribution >= 0.6 is 0 Å². The second kappa shape index (κ2) is 4.21. The van der Waals surface area contributed by atoms with Gasteiger partial charge in [0.2, 0.25) is 5.91 Å². The summed E-state index contributed by atoms with van der Waals surface area (Å²) in [6, 6.07) is 0. The first kappa shape index (κ1) is 11.1. The summed E-state index contributed by atoms with van der Waals surface area (Å²) in [6.07, 6.45) is 3.55. The van der Waals surface area contributed by atoms with Gasteiger partial charge in [0.1, 0.15) is 6.33 Å². The summed E-state index contributed by atoms with van der Waals surface area (Å²) in [5.74, 6) is 0.662. The average molecular weight is 223 g/mol. The maximum absolute atomic E-state index is 11.9. The van der Waals surface area contributed by atoms with Crippen LogP contribution in [-0.4, -0.2) is 32.8 Å². The molecular formula is C10H17N5O. The van der Waals surface area contributed by atoms with Gasteiger partial charge in [-0.15, -0.1) is 0 Å². The Balaban J connectivity index is 1.88. The predicted octanol–water partition coefficient (Wildman–Crippen LogP) is -0.427. The van der Waals surface area contributed by atoms with Crippen LogP contribution in [0.25, 0.3) is 0 Å². The molecule has 0 radical (unpaired) electrons. The summed E-state index contributed by atoms with van der Waals surface area (Å²) in [4.78, 5) is 16.0. The molecule has 1 atom stereocenters. The van der Waals surface area contributed by atoms with E-state index in [1.807, 2.05) is 6.92 Å². The van der Waals surface area contributed by atoms with Crippen LogP contribution in [0, 0.1) is 0 Å². The minimum atomic E-state index is -0.422. The Kier molecular flexibility index (Phi) is 2.91. The average Bonchev–Trinajstić information content (AvgIpc) is 2.85. The van der Waals surface area contributed by atoms with Crippen LogP contribution in [0.5, 0.6) is 0 Å². The zero-order valence-corrected chi connectivity index (χ0v) is 9.66. The van der Waals surface area contributed by atoms with E-state index in [0.717, 1.165) is 19.4 Å². The molecule has 0 saturated carbocycles. The van der Waals surface area contributed by atoms with E-state index < -0.39 is 5.54 Å². The highest BCUT2D eigenvalue weighted by Crippen LogP contribution is 2.18. The molecule has 16 heavy (non-hydrogen) atoms. The molecule has 6 nitrogen and oxygen atoms in total. The van der Waals surface area contributed by atoms with E-state index in [4.69, 9.17) is 0 Å². The smallest absolute Gasteiger partial charge is 0.240 e. The minimum Gasteiger partial charge on any atom is -0.347 e. The van der Waals surface area contributed by atoms with Crippen molar-refractivity contribution in [2.45, 2.75) is 31.8 Å². The van der Waals surface area contributed by atoms with E-state index >= 15 is 0 Å². The van der Waals surface area contributed by atoms with E-state index in [-0.39, 0.29) is 5.91 Å². The highest BCUT2D eigenvalue weighted by molar-refractivity contribution is 5.86. The zero-order valence-electron chi connectivity index (χ0n) is 9.66. The van der Waals surface area contributed by atoms with Crippen molar-refractivity contribution in [1.29, 1.82) is 0 Å². The monoisotopic (exact) mass is 223 g/mol. The van der Waals surface area contributed by atoms with E-state index in [0.29, 0.717) is 12.4 Å². The van der Waals surface area contributed by atoms with E-state index in [1.54, 1.807) is 18.1 Å². The lowest BCUT2D eigenvalue weighted by atomic mass is 9.99.